The van der Waals surface area contributed by atoms with Gasteiger partial charge in [-0.15, -0.1) is 0 Å². The van der Waals surface area contributed by atoms with Crippen LogP contribution in [0.3, 0.4) is 0 Å². The van der Waals surface area contributed by atoms with Crippen molar-refractivity contribution in [1.29, 1.82) is 0 Å². The molecule has 0 aliphatic heterocycles. The number of hydrogen-bond donors (Lipinski definition) is 2. The lowest BCUT2D eigenvalue weighted by Gasteiger charge is -2.20. The molecule has 0 radical (unpaired) electrons. The molecule has 0 bridgehead atoms. The number of rotatable bonds is 4. The third-order valence-electron chi connectivity index (χ3n) is 2.89. The number of hydrogen-bond acceptors (Lipinski definition) is 3. The fraction of sp³-hybridized carbons (Fsp3) is 0.214. The minimum atomic E-state index is -0.280. The molecule has 1 unspecified atom stereocenters. The first-order valence-corrected chi connectivity index (χ1v) is 5.84. The second kappa shape index (κ2) is 5.60. The van der Waals surface area contributed by atoms with Crippen molar-refractivity contribution in [3.8, 4) is 0 Å². The summed E-state index contributed by atoms with van der Waals surface area (Å²) in [5.74, 6) is -0.280. The maximum atomic E-state index is 13.6. The van der Waals surface area contributed by atoms with Gasteiger partial charge in [0.15, 0.2) is 0 Å². The van der Waals surface area contributed by atoms with Crippen molar-refractivity contribution in [3.05, 3.63) is 59.7 Å². The number of aryl methyl sites for hydroxylation is 1. The Kier molecular flexibility index (Phi) is 3.89. The summed E-state index contributed by atoms with van der Waals surface area (Å²) in [6, 6.07) is 8.34. The van der Waals surface area contributed by atoms with Crippen molar-refractivity contribution in [2.24, 2.45) is 5.73 Å². The Morgan fingerprint density at radius 3 is 2.78 bits per heavy atom. The molecule has 1 aromatic carbocycles. The van der Waals surface area contributed by atoms with E-state index in [1.165, 1.54) is 6.07 Å². The minimum absolute atomic E-state index is 0.143. The molecule has 2 rings (SSSR count). The van der Waals surface area contributed by atoms with Crippen molar-refractivity contribution < 1.29 is 4.39 Å². The van der Waals surface area contributed by atoms with Crippen LogP contribution >= 0.6 is 0 Å². The maximum absolute atomic E-state index is 13.6. The number of nitrogens with one attached hydrogen (secondary N) is 1. The van der Waals surface area contributed by atoms with Crippen molar-refractivity contribution in [3.63, 3.8) is 0 Å². The first-order chi connectivity index (χ1) is 8.72. The molecule has 94 valence electrons. The molecule has 0 amide bonds. The second-order valence-electron chi connectivity index (χ2n) is 4.14. The van der Waals surface area contributed by atoms with E-state index in [2.05, 4.69) is 10.3 Å². The van der Waals surface area contributed by atoms with Gasteiger partial charge in [-0.25, -0.2) is 4.39 Å². The van der Waals surface area contributed by atoms with Crippen LogP contribution in [0.4, 0.5) is 10.1 Å². The molecule has 0 saturated heterocycles. The largest absolute Gasteiger partial charge is 0.375 e. The Balaban J connectivity index is 2.26. The first-order valence-electron chi connectivity index (χ1n) is 5.84. The molecule has 3 N–H and O–H groups in total. The van der Waals surface area contributed by atoms with Gasteiger partial charge in [0.2, 0.25) is 0 Å². The van der Waals surface area contributed by atoms with E-state index in [1.54, 1.807) is 30.6 Å². The molecule has 1 atom stereocenters. The van der Waals surface area contributed by atoms with Gasteiger partial charge in [0.05, 0.1) is 11.7 Å². The number of nitrogens with zero attached hydrogens (tertiary/aromatic N) is 1. The lowest BCUT2D eigenvalue weighted by Crippen LogP contribution is -2.22. The van der Waals surface area contributed by atoms with E-state index in [9.17, 15) is 4.39 Å². The van der Waals surface area contributed by atoms with E-state index in [0.717, 1.165) is 11.1 Å². The van der Waals surface area contributed by atoms with E-state index in [-0.39, 0.29) is 11.9 Å². The zero-order valence-corrected chi connectivity index (χ0v) is 10.2. The average molecular weight is 245 g/mol. The predicted molar refractivity (Wildman–Crippen MR) is 70.8 cm³/mol. The fourth-order valence-electron chi connectivity index (χ4n) is 1.87. The van der Waals surface area contributed by atoms with Crippen molar-refractivity contribution in [1.82, 2.24) is 4.98 Å². The monoisotopic (exact) mass is 245 g/mol. The smallest absolute Gasteiger partial charge is 0.146 e. The molecular weight excluding hydrogens is 229 g/mol. The van der Waals surface area contributed by atoms with Crippen molar-refractivity contribution >= 4 is 5.69 Å². The number of para-hydroxylation sites is 1. The quantitative estimate of drug-likeness (QED) is 0.870. The number of pyridine rings is 1. The van der Waals surface area contributed by atoms with E-state index in [1.807, 2.05) is 13.0 Å². The van der Waals surface area contributed by atoms with Gasteiger partial charge in [0, 0.05) is 18.9 Å². The molecule has 0 fully saturated rings. The van der Waals surface area contributed by atoms with Crippen LogP contribution in [0, 0.1) is 12.7 Å². The highest BCUT2D eigenvalue weighted by Crippen LogP contribution is 2.22. The third kappa shape index (κ3) is 2.65. The molecule has 0 saturated carbocycles. The standard InChI is InChI=1S/C14H16FN3/c1-10-6-7-17-9-11(10)14(8-16)18-13-5-3-2-4-12(13)15/h2-7,9,14,18H,8,16H2,1H3. The molecule has 1 heterocycles. The van der Waals surface area contributed by atoms with E-state index < -0.39 is 0 Å². The van der Waals surface area contributed by atoms with Gasteiger partial charge in [-0.1, -0.05) is 12.1 Å². The molecule has 4 heteroatoms. The predicted octanol–water partition coefficient (Wildman–Crippen LogP) is 2.64. The zero-order chi connectivity index (χ0) is 13.0. The van der Waals surface area contributed by atoms with Crippen LogP contribution in [-0.4, -0.2) is 11.5 Å². The Hall–Kier alpha value is -1.94. The van der Waals surface area contributed by atoms with Crippen LogP contribution in [-0.2, 0) is 0 Å². The van der Waals surface area contributed by atoms with E-state index >= 15 is 0 Å². The van der Waals surface area contributed by atoms with Crippen LogP contribution in [0.1, 0.15) is 17.2 Å². The van der Waals surface area contributed by atoms with Gasteiger partial charge in [-0.3, -0.25) is 4.98 Å². The molecule has 0 spiro atoms. The summed E-state index contributed by atoms with van der Waals surface area (Å²) in [5.41, 5.74) is 8.29. The topological polar surface area (TPSA) is 50.9 Å². The maximum Gasteiger partial charge on any atom is 0.146 e. The first kappa shape index (κ1) is 12.5. The lowest BCUT2D eigenvalue weighted by atomic mass is 10.0. The molecule has 0 aliphatic carbocycles. The Morgan fingerprint density at radius 1 is 1.33 bits per heavy atom. The van der Waals surface area contributed by atoms with Gasteiger partial charge in [0.25, 0.3) is 0 Å². The van der Waals surface area contributed by atoms with E-state index in [4.69, 9.17) is 5.73 Å². The molecule has 0 aliphatic rings. The summed E-state index contributed by atoms with van der Waals surface area (Å²) >= 11 is 0. The molecule has 2 aromatic rings. The number of aromatic nitrogens is 1. The Labute approximate surface area is 106 Å². The summed E-state index contributed by atoms with van der Waals surface area (Å²) in [6.45, 7) is 2.36. The van der Waals surface area contributed by atoms with Gasteiger partial charge in [-0.2, -0.15) is 0 Å². The summed E-state index contributed by atoms with van der Waals surface area (Å²) in [7, 11) is 0. The normalized spacial score (nSPS) is 12.2. The summed E-state index contributed by atoms with van der Waals surface area (Å²) < 4.78 is 13.6. The molecule has 3 nitrogen and oxygen atoms in total. The van der Waals surface area contributed by atoms with Crippen LogP contribution in [0.15, 0.2) is 42.7 Å². The van der Waals surface area contributed by atoms with E-state index in [0.29, 0.717) is 12.2 Å². The minimum Gasteiger partial charge on any atom is -0.375 e. The highest BCUT2D eigenvalue weighted by atomic mass is 19.1. The average Bonchev–Trinajstić information content (AvgIpc) is 2.39. The Bertz CT molecular complexity index is 528. The highest BCUT2D eigenvalue weighted by Gasteiger charge is 2.13. The highest BCUT2D eigenvalue weighted by molar-refractivity contribution is 5.47. The zero-order valence-electron chi connectivity index (χ0n) is 10.2. The van der Waals surface area contributed by atoms with Gasteiger partial charge < -0.3 is 11.1 Å². The SMILES string of the molecule is Cc1ccncc1C(CN)Nc1ccccc1F. The summed E-state index contributed by atoms with van der Waals surface area (Å²) in [5, 5.41) is 3.11. The van der Waals surface area contributed by atoms with Crippen LogP contribution in [0.5, 0.6) is 0 Å². The second-order valence-corrected chi connectivity index (χ2v) is 4.14. The van der Waals surface area contributed by atoms with Gasteiger partial charge in [0.1, 0.15) is 5.82 Å². The third-order valence-corrected chi connectivity index (χ3v) is 2.89. The molecule has 1 aromatic heterocycles. The van der Waals surface area contributed by atoms with Gasteiger partial charge in [-0.05, 0) is 36.2 Å². The number of nitrogens with two attached hydrogens (primary N) is 1. The number of anilines is 1. The summed E-state index contributed by atoms with van der Waals surface area (Å²) in [6.07, 6.45) is 3.50. The Morgan fingerprint density at radius 2 is 2.11 bits per heavy atom. The lowest BCUT2D eigenvalue weighted by molar-refractivity contribution is 0.625. The number of benzene rings is 1. The molecular formula is C14H16FN3. The molecule has 18 heavy (non-hydrogen) atoms. The van der Waals surface area contributed by atoms with Crippen LogP contribution in [0.2, 0.25) is 0 Å². The number of halogens is 1. The van der Waals surface area contributed by atoms with Crippen LogP contribution < -0.4 is 11.1 Å². The fourth-order valence-corrected chi connectivity index (χ4v) is 1.87. The van der Waals surface area contributed by atoms with Crippen molar-refractivity contribution in [2.75, 3.05) is 11.9 Å². The van der Waals surface area contributed by atoms with Crippen molar-refractivity contribution in [2.45, 2.75) is 13.0 Å². The van der Waals surface area contributed by atoms with Crippen LogP contribution in [0.25, 0.3) is 0 Å². The van der Waals surface area contributed by atoms with Gasteiger partial charge >= 0.3 is 0 Å². The summed E-state index contributed by atoms with van der Waals surface area (Å²) in [4.78, 5) is 4.09.